The summed E-state index contributed by atoms with van der Waals surface area (Å²) in [6.07, 6.45) is 3.88. The van der Waals surface area contributed by atoms with E-state index in [9.17, 15) is 4.79 Å². The Labute approximate surface area is 113 Å². The first-order valence-corrected chi connectivity index (χ1v) is 6.37. The minimum Gasteiger partial charge on any atom is -0.497 e. The summed E-state index contributed by atoms with van der Waals surface area (Å²) in [7, 11) is 1.59. The van der Waals surface area contributed by atoms with E-state index in [1.807, 2.05) is 29.9 Å². The number of hydrogen-bond donors (Lipinski definition) is 0. The molecule has 1 aromatic heterocycles. The summed E-state index contributed by atoms with van der Waals surface area (Å²) in [4.78, 5) is 11.2. The SMILES string of the molecule is CCCn1cc(-c2ccc(OC)cc2C=O)c(C)n1. The second kappa shape index (κ2) is 5.69. The van der Waals surface area contributed by atoms with Gasteiger partial charge in [0, 0.05) is 23.9 Å². The molecule has 4 heteroatoms. The zero-order valence-corrected chi connectivity index (χ0v) is 11.5. The van der Waals surface area contributed by atoms with E-state index >= 15 is 0 Å². The molecule has 0 unspecified atom stereocenters. The van der Waals surface area contributed by atoms with Crippen molar-refractivity contribution < 1.29 is 9.53 Å². The predicted octanol–water partition coefficient (Wildman–Crippen LogP) is 3.09. The van der Waals surface area contributed by atoms with E-state index in [1.165, 1.54) is 0 Å². The molecule has 0 spiro atoms. The molecule has 2 aromatic rings. The summed E-state index contributed by atoms with van der Waals surface area (Å²) < 4.78 is 7.06. The number of ether oxygens (including phenoxy) is 1. The molecule has 0 bridgehead atoms. The first-order chi connectivity index (χ1) is 9.19. The maximum Gasteiger partial charge on any atom is 0.150 e. The number of aryl methyl sites for hydroxylation is 2. The zero-order chi connectivity index (χ0) is 13.8. The van der Waals surface area contributed by atoms with Crippen molar-refractivity contribution >= 4 is 6.29 Å². The van der Waals surface area contributed by atoms with Crippen molar-refractivity contribution in [2.24, 2.45) is 0 Å². The molecule has 1 aromatic carbocycles. The van der Waals surface area contributed by atoms with Crippen molar-refractivity contribution in [2.75, 3.05) is 7.11 Å². The lowest BCUT2D eigenvalue weighted by Gasteiger charge is -2.06. The van der Waals surface area contributed by atoms with Crippen LogP contribution >= 0.6 is 0 Å². The van der Waals surface area contributed by atoms with Crippen LogP contribution in [0.4, 0.5) is 0 Å². The molecular weight excluding hydrogens is 240 g/mol. The van der Waals surface area contributed by atoms with E-state index in [2.05, 4.69) is 12.0 Å². The number of aromatic nitrogens is 2. The van der Waals surface area contributed by atoms with Crippen LogP contribution < -0.4 is 4.74 Å². The minimum atomic E-state index is 0.624. The van der Waals surface area contributed by atoms with Crippen LogP contribution in [0.1, 0.15) is 29.4 Å². The van der Waals surface area contributed by atoms with Gasteiger partial charge in [0.2, 0.25) is 0 Å². The highest BCUT2D eigenvalue weighted by molar-refractivity contribution is 5.88. The molecule has 0 radical (unpaired) electrons. The van der Waals surface area contributed by atoms with Gasteiger partial charge in [-0.15, -0.1) is 0 Å². The molecule has 0 amide bonds. The van der Waals surface area contributed by atoms with E-state index in [-0.39, 0.29) is 0 Å². The first kappa shape index (κ1) is 13.3. The van der Waals surface area contributed by atoms with Gasteiger partial charge in [0.1, 0.15) is 5.75 Å². The van der Waals surface area contributed by atoms with E-state index < -0.39 is 0 Å². The Kier molecular flexibility index (Phi) is 4.00. The number of carbonyl (C=O) groups is 1. The minimum absolute atomic E-state index is 0.624. The maximum absolute atomic E-state index is 11.2. The molecule has 0 atom stereocenters. The number of aldehydes is 1. The van der Waals surface area contributed by atoms with Crippen LogP contribution in [0.3, 0.4) is 0 Å². The highest BCUT2D eigenvalue weighted by Gasteiger charge is 2.12. The molecule has 0 saturated carbocycles. The fourth-order valence-electron chi connectivity index (χ4n) is 2.14. The second-order valence-corrected chi connectivity index (χ2v) is 4.46. The van der Waals surface area contributed by atoms with Crippen molar-refractivity contribution in [1.82, 2.24) is 9.78 Å². The summed E-state index contributed by atoms with van der Waals surface area (Å²) >= 11 is 0. The highest BCUT2D eigenvalue weighted by Crippen LogP contribution is 2.28. The first-order valence-electron chi connectivity index (χ1n) is 6.37. The molecule has 0 aliphatic carbocycles. The predicted molar refractivity (Wildman–Crippen MR) is 74.6 cm³/mol. The van der Waals surface area contributed by atoms with Gasteiger partial charge in [0.15, 0.2) is 6.29 Å². The van der Waals surface area contributed by atoms with Gasteiger partial charge >= 0.3 is 0 Å². The Bertz CT molecular complexity index is 588. The fraction of sp³-hybridized carbons (Fsp3) is 0.333. The third-order valence-electron chi connectivity index (χ3n) is 3.07. The van der Waals surface area contributed by atoms with E-state index in [0.717, 1.165) is 36.1 Å². The lowest BCUT2D eigenvalue weighted by atomic mass is 10.0. The molecule has 19 heavy (non-hydrogen) atoms. The molecule has 0 aliphatic rings. The Morgan fingerprint density at radius 2 is 2.16 bits per heavy atom. The van der Waals surface area contributed by atoms with Gasteiger partial charge in [-0.1, -0.05) is 6.92 Å². The Hall–Kier alpha value is -2.10. The molecule has 100 valence electrons. The lowest BCUT2D eigenvalue weighted by molar-refractivity contribution is 0.112. The van der Waals surface area contributed by atoms with Crippen LogP contribution in [0.2, 0.25) is 0 Å². The van der Waals surface area contributed by atoms with E-state index in [4.69, 9.17) is 4.74 Å². The molecule has 0 N–H and O–H groups in total. The number of carbonyl (C=O) groups excluding carboxylic acids is 1. The quantitative estimate of drug-likeness (QED) is 0.774. The normalized spacial score (nSPS) is 10.5. The Morgan fingerprint density at radius 1 is 1.37 bits per heavy atom. The number of rotatable bonds is 5. The molecule has 4 nitrogen and oxygen atoms in total. The fourth-order valence-corrected chi connectivity index (χ4v) is 2.14. The van der Waals surface area contributed by atoms with Crippen LogP contribution in [-0.4, -0.2) is 23.2 Å². The van der Waals surface area contributed by atoms with Gasteiger partial charge in [-0.2, -0.15) is 5.10 Å². The maximum atomic E-state index is 11.2. The number of nitrogens with zero attached hydrogens (tertiary/aromatic N) is 2. The topological polar surface area (TPSA) is 44.1 Å². The van der Waals surface area contributed by atoms with Gasteiger partial charge in [-0.25, -0.2) is 0 Å². The zero-order valence-electron chi connectivity index (χ0n) is 11.5. The summed E-state index contributed by atoms with van der Waals surface area (Å²) in [5.74, 6) is 0.685. The molecule has 0 saturated heterocycles. The van der Waals surface area contributed by atoms with Gasteiger partial charge in [-0.3, -0.25) is 9.48 Å². The number of hydrogen-bond acceptors (Lipinski definition) is 3. The van der Waals surface area contributed by atoms with Gasteiger partial charge in [0.25, 0.3) is 0 Å². The summed E-state index contributed by atoms with van der Waals surface area (Å²) in [5, 5.41) is 4.46. The van der Waals surface area contributed by atoms with E-state index in [0.29, 0.717) is 11.3 Å². The molecular formula is C15H18N2O2. The van der Waals surface area contributed by atoms with Crippen molar-refractivity contribution in [2.45, 2.75) is 26.8 Å². The van der Waals surface area contributed by atoms with Crippen molar-refractivity contribution in [1.29, 1.82) is 0 Å². The molecule has 1 heterocycles. The smallest absolute Gasteiger partial charge is 0.150 e. The van der Waals surface area contributed by atoms with Crippen LogP contribution in [0.15, 0.2) is 24.4 Å². The van der Waals surface area contributed by atoms with Gasteiger partial charge in [0.05, 0.1) is 12.8 Å². The third kappa shape index (κ3) is 2.67. The summed E-state index contributed by atoms with van der Waals surface area (Å²) in [6, 6.07) is 5.51. The molecule has 0 aliphatic heterocycles. The average Bonchev–Trinajstić information content (AvgIpc) is 2.79. The summed E-state index contributed by atoms with van der Waals surface area (Å²) in [5.41, 5.74) is 3.45. The largest absolute Gasteiger partial charge is 0.497 e. The number of methoxy groups -OCH3 is 1. The van der Waals surface area contributed by atoms with Crippen LogP contribution in [0, 0.1) is 6.92 Å². The van der Waals surface area contributed by atoms with Gasteiger partial charge < -0.3 is 4.74 Å². The van der Waals surface area contributed by atoms with Crippen LogP contribution in [-0.2, 0) is 6.54 Å². The number of benzene rings is 1. The Balaban J connectivity index is 2.48. The van der Waals surface area contributed by atoms with Crippen molar-refractivity contribution in [3.63, 3.8) is 0 Å². The van der Waals surface area contributed by atoms with Crippen LogP contribution in [0.25, 0.3) is 11.1 Å². The monoisotopic (exact) mass is 258 g/mol. The summed E-state index contributed by atoms with van der Waals surface area (Å²) in [6.45, 7) is 4.95. The van der Waals surface area contributed by atoms with Crippen molar-refractivity contribution in [3.8, 4) is 16.9 Å². The average molecular weight is 258 g/mol. The Morgan fingerprint density at radius 3 is 2.79 bits per heavy atom. The van der Waals surface area contributed by atoms with Crippen molar-refractivity contribution in [3.05, 3.63) is 35.7 Å². The standard InChI is InChI=1S/C15H18N2O2/c1-4-7-17-9-15(11(2)16-17)14-6-5-13(19-3)8-12(14)10-18/h5-6,8-10H,4,7H2,1-3H3. The lowest BCUT2D eigenvalue weighted by Crippen LogP contribution is -1.96. The highest BCUT2D eigenvalue weighted by atomic mass is 16.5. The molecule has 0 fully saturated rings. The second-order valence-electron chi connectivity index (χ2n) is 4.46. The third-order valence-corrected chi connectivity index (χ3v) is 3.07. The molecule has 2 rings (SSSR count). The van der Waals surface area contributed by atoms with Crippen LogP contribution in [0.5, 0.6) is 5.75 Å². The van der Waals surface area contributed by atoms with E-state index in [1.54, 1.807) is 13.2 Å². The van der Waals surface area contributed by atoms with Gasteiger partial charge in [-0.05, 0) is 37.1 Å².